The summed E-state index contributed by atoms with van der Waals surface area (Å²) in [7, 11) is -3.27. The van der Waals surface area contributed by atoms with Crippen LogP contribution in [0.3, 0.4) is 0 Å². The van der Waals surface area contributed by atoms with E-state index in [0.717, 1.165) is 36.1 Å². The van der Waals surface area contributed by atoms with Gasteiger partial charge in [0.15, 0.2) is 9.84 Å². The minimum absolute atomic E-state index is 0.111. The predicted octanol–water partition coefficient (Wildman–Crippen LogP) is 3.22. The number of piperidine rings is 1. The van der Waals surface area contributed by atoms with Crippen LogP contribution in [0, 0.1) is 0 Å². The van der Waals surface area contributed by atoms with E-state index < -0.39 is 9.84 Å². The smallest absolute Gasteiger partial charge is 0.263 e. The van der Waals surface area contributed by atoms with Crippen molar-refractivity contribution in [3.8, 4) is 0 Å². The van der Waals surface area contributed by atoms with Crippen molar-refractivity contribution in [3.05, 3.63) is 46.1 Å². The molecule has 2 aromatic heterocycles. The molecule has 24 heavy (non-hydrogen) atoms. The molecule has 0 spiro atoms. The summed E-state index contributed by atoms with van der Waals surface area (Å²) in [4.78, 5) is 19.1. The number of aromatic nitrogens is 1. The van der Waals surface area contributed by atoms with E-state index in [4.69, 9.17) is 11.6 Å². The van der Waals surface area contributed by atoms with E-state index in [0.29, 0.717) is 23.0 Å². The molecule has 0 aromatic carbocycles. The standard InChI is InChI=1S/C16H17ClN2O3S2/c1-24(21,22)14-5-4-13(23-14)16(20)19-9-6-11(7-10-19)15-12(17)3-2-8-18-15/h2-5,8,11H,6-7,9-10H2,1H3. The Hall–Kier alpha value is -1.44. The quantitative estimate of drug-likeness (QED) is 0.814. The number of likely N-dealkylation sites (tertiary alicyclic amines) is 1. The monoisotopic (exact) mass is 384 g/mol. The molecule has 0 atom stereocenters. The summed E-state index contributed by atoms with van der Waals surface area (Å²) >= 11 is 7.23. The third-order valence-electron chi connectivity index (χ3n) is 4.11. The Bertz CT molecular complexity index is 856. The number of hydrogen-bond donors (Lipinski definition) is 0. The Morgan fingerprint density at radius 1 is 1.29 bits per heavy atom. The van der Waals surface area contributed by atoms with Crippen LogP contribution in [0.15, 0.2) is 34.7 Å². The van der Waals surface area contributed by atoms with Gasteiger partial charge in [-0.3, -0.25) is 9.78 Å². The minimum atomic E-state index is -3.27. The normalized spacial score (nSPS) is 16.3. The Balaban J connectivity index is 1.67. The van der Waals surface area contributed by atoms with Crippen LogP contribution < -0.4 is 0 Å². The highest BCUT2D eigenvalue weighted by Crippen LogP contribution is 2.32. The lowest BCUT2D eigenvalue weighted by Gasteiger charge is -2.31. The van der Waals surface area contributed by atoms with Crippen molar-refractivity contribution in [2.24, 2.45) is 0 Å². The highest BCUT2D eigenvalue weighted by Gasteiger charge is 2.27. The molecule has 0 N–H and O–H groups in total. The summed E-state index contributed by atoms with van der Waals surface area (Å²) in [6.45, 7) is 1.23. The summed E-state index contributed by atoms with van der Waals surface area (Å²) < 4.78 is 23.3. The number of pyridine rings is 1. The summed E-state index contributed by atoms with van der Waals surface area (Å²) in [6, 6.07) is 6.72. The van der Waals surface area contributed by atoms with Crippen LogP contribution >= 0.6 is 22.9 Å². The van der Waals surface area contributed by atoms with E-state index in [1.165, 1.54) is 6.07 Å². The molecule has 1 aliphatic rings. The number of sulfone groups is 1. The number of hydrogen-bond acceptors (Lipinski definition) is 5. The van der Waals surface area contributed by atoms with Crippen LogP contribution in [-0.4, -0.2) is 43.6 Å². The molecule has 0 aliphatic carbocycles. The molecule has 1 fully saturated rings. The fraction of sp³-hybridized carbons (Fsp3) is 0.375. The molecule has 8 heteroatoms. The Morgan fingerprint density at radius 2 is 2.00 bits per heavy atom. The molecular weight excluding hydrogens is 368 g/mol. The number of halogens is 1. The zero-order valence-corrected chi connectivity index (χ0v) is 15.5. The van der Waals surface area contributed by atoms with Crippen LogP contribution in [0.1, 0.15) is 34.1 Å². The summed E-state index contributed by atoms with van der Waals surface area (Å²) in [5.74, 6) is 0.137. The van der Waals surface area contributed by atoms with Gasteiger partial charge in [-0.25, -0.2) is 8.42 Å². The lowest BCUT2D eigenvalue weighted by molar-refractivity contribution is 0.0717. The van der Waals surface area contributed by atoms with Gasteiger partial charge in [0.1, 0.15) is 4.21 Å². The van der Waals surface area contributed by atoms with Gasteiger partial charge in [0.25, 0.3) is 5.91 Å². The fourth-order valence-electron chi connectivity index (χ4n) is 2.84. The van der Waals surface area contributed by atoms with Gasteiger partial charge in [0.2, 0.25) is 0 Å². The number of carbonyl (C=O) groups excluding carboxylic acids is 1. The second-order valence-electron chi connectivity index (χ2n) is 5.83. The Morgan fingerprint density at radius 3 is 2.58 bits per heavy atom. The van der Waals surface area contributed by atoms with Crippen molar-refractivity contribution in [2.45, 2.75) is 23.0 Å². The van der Waals surface area contributed by atoms with E-state index in [1.54, 1.807) is 23.2 Å². The van der Waals surface area contributed by atoms with E-state index in [9.17, 15) is 13.2 Å². The van der Waals surface area contributed by atoms with Crippen molar-refractivity contribution in [1.82, 2.24) is 9.88 Å². The largest absolute Gasteiger partial charge is 0.338 e. The molecule has 3 heterocycles. The molecule has 0 radical (unpaired) electrons. The lowest BCUT2D eigenvalue weighted by atomic mass is 9.93. The highest BCUT2D eigenvalue weighted by atomic mass is 35.5. The van der Waals surface area contributed by atoms with Crippen molar-refractivity contribution in [1.29, 1.82) is 0 Å². The maximum atomic E-state index is 12.5. The van der Waals surface area contributed by atoms with Gasteiger partial charge >= 0.3 is 0 Å². The Kier molecular flexibility index (Phi) is 4.94. The number of thiophene rings is 1. The first-order valence-corrected chi connectivity index (χ1v) is 10.6. The van der Waals surface area contributed by atoms with Crippen LogP contribution in [0.4, 0.5) is 0 Å². The van der Waals surface area contributed by atoms with Gasteiger partial charge in [-0.1, -0.05) is 11.6 Å². The molecule has 3 rings (SSSR count). The lowest BCUT2D eigenvalue weighted by Crippen LogP contribution is -2.37. The van der Waals surface area contributed by atoms with Gasteiger partial charge in [0.05, 0.1) is 15.6 Å². The zero-order chi connectivity index (χ0) is 17.3. The van der Waals surface area contributed by atoms with Gasteiger partial charge in [-0.05, 0) is 37.1 Å². The summed E-state index contributed by atoms with van der Waals surface area (Å²) in [5, 5.41) is 0.665. The molecule has 0 bridgehead atoms. The van der Waals surface area contributed by atoms with E-state index in [1.807, 2.05) is 6.07 Å². The van der Waals surface area contributed by atoms with E-state index in [2.05, 4.69) is 4.98 Å². The third kappa shape index (κ3) is 3.63. The molecule has 1 amide bonds. The van der Waals surface area contributed by atoms with E-state index >= 15 is 0 Å². The highest BCUT2D eigenvalue weighted by molar-refractivity contribution is 7.92. The number of carbonyl (C=O) groups is 1. The van der Waals surface area contributed by atoms with E-state index in [-0.39, 0.29) is 16.0 Å². The van der Waals surface area contributed by atoms with Crippen LogP contribution in [0.25, 0.3) is 0 Å². The maximum absolute atomic E-state index is 12.5. The Labute approximate surface area is 150 Å². The maximum Gasteiger partial charge on any atom is 0.263 e. The first-order chi connectivity index (χ1) is 11.4. The summed E-state index contributed by atoms with van der Waals surface area (Å²) in [6.07, 6.45) is 4.48. The molecule has 2 aromatic rings. The average molecular weight is 385 g/mol. The SMILES string of the molecule is CS(=O)(=O)c1ccc(C(=O)N2CCC(c3ncccc3Cl)CC2)s1. The van der Waals surface area contributed by atoms with Crippen LogP contribution in [-0.2, 0) is 9.84 Å². The van der Waals surface area contributed by atoms with Crippen LogP contribution in [0.2, 0.25) is 5.02 Å². The molecule has 1 saturated heterocycles. The molecular formula is C16H17ClN2O3S2. The van der Waals surface area contributed by atoms with Crippen molar-refractivity contribution in [2.75, 3.05) is 19.3 Å². The topological polar surface area (TPSA) is 67.3 Å². The number of nitrogens with zero attached hydrogens (tertiary/aromatic N) is 2. The predicted molar refractivity (Wildman–Crippen MR) is 94.6 cm³/mol. The van der Waals surface area contributed by atoms with Gasteiger partial charge in [-0.2, -0.15) is 0 Å². The molecule has 128 valence electrons. The second kappa shape index (κ2) is 6.82. The molecule has 0 unspecified atom stereocenters. The number of amides is 1. The third-order valence-corrected chi connectivity index (χ3v) is 7.33. The molecule has 5 nitrogen and oxygen atoms in total. The second-order valence-corrected chi connectivity index (χ2v) is 9.56. The first-order valence-electron chi connectivity index (χ1n) is 7.56. The molecule has 0 saturated carbocycles. The molecule has 1 aliphatic heterocycles. The van der Waals surface area contributed by atoms with Crippen molar-refractivity contribution >= 4 is 38.7 Å². The van der Waals surface area contributed by atoms with Gasteiger partial charge in [0, 0.05) is 31.5 Å². The van der Waals surface area contributed by atoms with Gasteiger partial charge < -0.3 is 4.90 Å². The van der Waals surface area contributed by atoms with Crippen molar-refractivity contribution in [3.63, 3.8) is 0 Å². The van der Waals surface area contributed by atoms with Crippen molar-refractivity contribution < 1.29 is 13.2 Å². The fourth-order valence-corrected chi connectivity index (χ4v) is 5.02. The zero-order valence-electron chi connectivity index (χ0n) is 13.1. The first kappa shape index (κ1) is 17.4. The summed E-state index contributed by atoms with van der Waals surface area (Å²) in [5.41, 5.74) is 0.891. The number of rotatable bonds is 3. The van der Waals surface area contributed by atoms with Gasteiger partial charge in [-0.15, -0.1) is 11.3 Å². The minimum Gasteiger partial charge on any atom is -0.338 e. The average Bonchev–Trinajstić information content (AvgIpc) is 3.05. The van der Waals surface area contributed by atoms with Crippen LogP contribution in [0.5, 0.6) is 0 Å².